The summed E-state index contributed by atoms with van der Waals surface area (Å²) in [5, 5.41) is 0. The summed E-state index contributed by atoms with van der Waals surface area (Å²) in [6.07, 6.45) is 0. The molecule has 0 bridgehead atoms. The van der Waals surface area contributed by atoms with Crippen molar-refractivity contribution in [3.8, 4) is 0 Å². The summed E-state index contributed by atoms with van der Waals surface area (Å²) >= 11 is 1.48. The normalized spacial score (nSPS) is 9.30. The fourth-order valence-electron chi connectivity index (χ4n) is 0.818. The second kappa shape index (κ2) is 3.11. The standard InChI is InChI=1S/C8H9N.W/c1-2-7-5-3-4-6-8(7)9;/h3-6H,9H2,1H3;. The molecule has 10 heavy (non-hydrogen) atoms. The predicted molar refractivity (Wildman–Crippen MR) is 40.6 cm³/mol. The van der Waals surface area contributed by atoms with Crippen LogP contribution in [0.4, 0.5) is 5.69 Å². The number of nitrogen functional groups attached to an aromatic ring is 1. The van der Waals surface area contributed by atoms with Gasteiger partial charge in [0, 0.05) is 0 Å². The molecule has 0 saturated heterocycles. The molecular formula is C8H9NW. The van der Waals surface area contributed by atoms with E-state index in [0.717, 1.165) is 5.69 Å². The van der Waals surface area contributed by atoms with Gasteiger partial charge < -0.3 is 0 Å². The second-order valence-electron chi connectivity index (χ2n) is 2.14. The molecule has 0 aliphatic rings. The van der Waals surface area contributed by atoms with Crippen LogP contribution in [-0.2, 0) is 19.4 Å². The Hall–Kier alpha value is -0.422. The minimum absolute atomic E-state index is 0.884. The molecule has 2 heteroatoms. The van der Waals surface area contributed by atoms with Gasteiger partial charge in [0.1, 0.15) is 0 Å². The van der Waals surface area contributed by atoms with Gasteiger partial charge in [0.25, 0.3) is 0 Å². The van der Waals surface area contributed by atoms with Crippen molar-refractivity contribution >= 4 is 9.59 Å². The van der Waals surface area contributed by atoms with Gasteiger partial charge in [-0.1, -0.05) is 0 Å². The SMILES string of the molecule is C[C](=[W])c1ccccc1N. The van der Waals surface area contributed by atoms with E-state index in [-0.39, 0.29) is 0 Å². The molecule has 0 spiro atoms. The first-order valence-electron chi connectivity index (χ1n) is 3.07. The molecule has 1 aromatic rings. The number of nitrogens with two attached hydrogens (primary N) is 1. The Morgan fingerprint density at radius 3 is 2.40 bits per heavy atom. The van der Waals surface area contributed by atoms with Gasteiger partial charge in [-0.05, 0) is 0 Å². The van der Waals surface area contributed by atoms with E-state index in [2.05, 4.69) is 13.0 Å². The zero-order chi connectivity index (χ0) is 7.56. The molecule has 0 amide bonds. The Morgan fingerprint density at radius 1 is 1.40 bits per heavy atom. The molecule has 0 unspecified atom stereocenters. The topological polar surface area (TPSA) is 26.0 Å². The third kappa shape index (κ3) is 1.54. The number of benzene rings is 1. The Kier molecular flexibility index (Phi) is 2.39. The van der Waals surface area contributed by atoms with Gasteiger partial charge in [-0.2, -0.15) is 0 Å². The molecule has 1 aromatic carbocycles. The summed E-state index contributed by atoms with van der Waals surface area (Å²) in [5.41, 5.74) is 7.79. The van der Waals surface area contributed by atoms with Crippen molar-refractivity contribution in [1.82, 2.24) is 0 Å². The number of anilines is 1. The molecule has 0 radical (unpaired) electrons. The molecule has 0 aliphatic carbocycles. The van der Waals surface area contributed by atoms with E-state index >= 15 is 0 Å². The van der Waals surface area contributed by atoms with Crippen molar-refractivity contribution in [2.24, 2.45) is 0 Å². The molecule has 0 fully saturated rings. The Morgan fingerprint density at radius 2 is 2.00 bits per heavy atom. The van der Waals surface area contributed by atoms with Gasteiger partial charge in [-0.3, -0.25) is 0 Å². The fraction of sp³-hybridized carbons (Fsp3) is 0.125. The quantitative estimate of drug-likeness (QED) is 0.779. The first-order valence-corrected chi connectivity index (χ1v) is 4.54. The maximum atomic E-state index is 5.71. The Balaban J connectivity index is 3.15. The van der Waals surface area contributed by atoms with Gasteiger partial charge in [0.05, 0.1) is 0 Å². The number of para-hydroxylation sites is 1. The molecule has 2 N–H and O–H groups in total. The zero-order valence-corrected chi connectivity index (χ0v) is 8.73. The third-order valence-corrected chi connectivity index (χ3v) is 2.13. The fourth-order valence-corrected chi connectivity index (χ4v) is 1.49. The van der Waals surface area contributed by atoms with E-state index < -0.39 is 0 Å². The van der Waals surface area contributed by atoms with E-state index in [1.54, 1.807) is 0 Å². The van der Waals surface area contributed by atoms with Crippen molar-refractivity contribution in [3.05, 3.63) is 29.8 Å². The summed E-state index contributed by atoms with van der Waals surface area (Å²) in [7, 11) is 0. The van der Waals surface area contributed by atoms with Crippen LogP contribution in [0, 0.1) is 0 Å². The molecule has 52 valence electrons. The van der Waals surface area contributed by atoms with Gasteiger partial charge in [0.15, 0.2) is 0 Å². The molecule has 0 aliphatic heterocycles. The number of hydrogen-bond donors (Lipinski definition) is 1. The van der Waals surface area contributed by atoms with Crippen LogP contribution in [0.1, 0.15) is 12.5 Å². The number of hydrogen-bond acceptors (Lipinski definition) is 1. The van der Waals surface area contributed by atoms with Crippen molar-refractivity contribution in [2.75, 3.05) is 5.73 Å². The van der Waals surface area contributed by atoms with Crippen molar-refractivity contribution in [2.45, 2.75) is 6.92 Å². The van der Waals surface area contributed by atoms with Crippen LogP contribution in [-0.4, -0.2) is 3.90 Å². The van der Waals surface area contributed by atoms with E-state index in [9.17, 15) is 0 Å². The molecule has 0 atom stereocenters. The first kappa shape index (κ1) is 7.68. The summed E-state index contributed by atoms with van der Waals surface area (Å²) in [6, 6.07) is 7.95. The summed E-state index contributed by atoms with van der Waals surface area (Å²) in [5.74, 6) is 0. The van der Waals surface area contributed by atoms with Gasteiger partial charge >= 0.3 is 71.4 Å². The molecule has 0 aromatic heterocycles. The first-order chi connectivity index (χ1) is 4.72. The average Bonchev–Trinajstić information content (AvgIpc) is 1.88. The Labute approximate surface area is 71.7 Å². The summed E-state index contributed by atoms with van der Waals surface area (Å²) in [6.45, 7) is 2.10. The van der Waals surface area contributed by atoms with Crippen LogP contribution in [0.5, 0.6) is 0 Å². The van der Waals surface area contributed by atoms with E-state index in [1.807, 2.05) is 18.2 Å². The zero-order valence-electron chi connectivity index (χ0n) is 5.79. The van der Waals surface area contributed by atoms with Crippen molar-refractivity contribution < 1.29 is 19.4 Å². The third-order valence-electron chi connectivity index (χ3n) is 1.34. The molecular weight excluding hydrogens is 294 g/mol. The molecule has 0 saturated carbocycles. The van der Waals surface area contributed by atoms with Crippen LogP contribution in [0.15, 0.2) is 24.3 Å². The van der Waals surface area contributed by atoms with Gasteiger partial charge in [-0.25, -0.2) is 0 Å². The van der Waals surface area contributed by atoms with Crippen LogP contribution < -0.4 is 5.73 Å². The number of rotatable bonds is 1. The maximum absolute atomic E-state index is 5.71. The molecule has 1 nitrogen and oxygen atoms in total. The Bertz CT molecular complexity index is 255. The van der Waals surface area contributed by atoms with Crippen LogP contribution in [0.3, 0.4) is 0 Å². The van der Waals surface area contributed by atoms with Gasteiger partial charge in [-0.15, -0.1) is 0 Å². The minimum atomic E-state index is 0.884. The van der Waals surface area contributed by atoms with Crippen molar-refractivity contribution in [3.63, 3.8) is 0 Å². The molecule has 0 heterocycles. The van der Waals surface area contributed by atoms with Crippen molar-refractivity contribution in [1.29, 1.82) is 0 Å². The summed E-state index contributed by atoms with van der Waals surface area (Å²) < 4.78 is 1.35. The summed E-state index contributed by atoms with van der Waals surface area (Å²) in [4.78, 5) is 0. The second-order valence-corrected chi connectivity index (χ2v) is 4.34. The van der Waals surface area contributed by atoms with Crippen LogP contribution >= 0.6 is 0 Å². The van der Waals surface area contributed by atoms with E-state index in [4.69, 9.17) is 5.73 Å². The van der Waals surface area contributed by atoms with E-state index in [0.29, 0.717) is 0 Å². The monoisotopic (exact) mass is 303 g/mol. The van der Waals surface area contributed by atoms with Gasteiger partial charge in [0.2, 0.25) is 0 Å². The average molecular weight is 303 g/mol. The predicted octanol–water partition coefficient (Wildman–Crippen LogP) is 1.36. The molecule has 1 rings (SSSR count). The van der Waals surface area contributed by atoms with Crippen LogP contribution in [0.25, 0.3) is 0 Å². The van der Waals surface area contributed by atoms with Crippen LogP contribution in [0.2, 0.25) is 0 Å². The van der Waals surface area contributed by atoms with E-state index in [1.165, 1.54) is 28.8 Å².